The number of amides is 1. The molecule has 2 aliphatic heterocycles. The van der Waals surface area contributed by atoms with Gasteiger partial charge in [0.15, 0.2) is 0 Å². The maximum atomic E-state index is 11.5. The van der Waals surface area contributed by atoms with Crippen molar-refractivity contribution in [1.29, 1.82) is 0 Å². The molecule has 2 rings (SSSR count). The van der Waals surface area contributed by atoms with E-state index in [1.54, 1.807) is 0 Å². The molecule has 2 nitrogen and oxygen atoms in total. The first-order valence-electron chi connectivity index (χ1n) is 5.60. The number of rotatable bonds is 1. The fourth-order valence-electron chi connectivity index (χ4n) is 3.04. The van der Waals surface area contributed by atoms with E-state index in [-0.39, 0.29) is 11.3 Å². The molecule has 1 spiro atoms. The molecule has 1 N–H and O–H groups in total. The summed E-state index contributed by atoms with van der Waals surface area (Å²) in [6.45, 7) is 4.48. The molecule has 2 heterocycles. The summed E-state index contributed by atoms with van der Waals surface area (Å²) in [5, 5.41) is 3.78. The molecular weight excluding hydrogens is 194 g/mol. The van der Waals surface area contributed by atoms with Crippen LogP contribution in [0.15, 0.2) is 0 Å². The number of carbonyl (C=O) groups excluding carboxylic acids is 1. The standard InChI is InChI=1S/C11H19NOS/c1-3-9-11(7-10(13)12-9)5-4-6-14-8(11)2/h8-9H,3-7H2,1-2H3,(H,12,13). The van der Waals surface area contributed by atoms with Gasteiger partial charge in [0.25, 0.3) is 0 Å². The number of hydrogen-bond donors (Lipinski definition) is 1. The lowest BCUT2D eigenvalue weighted by Crippen LogP contribution is -2.44. The quantitative estimate of drug-likeness (QED) is 0.723. The Morgan fingerprint density at radius 1 is 1.64 bits per heavy atom. The van der Waals surface area contributed by atoms with Crippen molar-refractivity contribution in [3.8, 4) is 0 Å². The first kappa shape index (κ1) is 10.3. The zero-order valence-corrected chi connectivity index (χ0v) is 9.82. The highest BCUT2D eigenvalue weighted by molar-refractivity contribution is 7.99. The van der Waals surface area contributed by atoms with E-state index in [0.29, 0.717) is 11.3 Å². The van der Waals surface area contributed by atoms with Crippen LogP contribution in [-0.4, -0.2) is 23.0 Å². The van der Waals surface area contributed by atoms with Gasteiger partial charge in [-0.1, -0.05) is 13.8 Å². The Hall–Kier alpha value is -0.180. The molecule has 0 aliphatic carbocycles. The number of carbonyl (C=O) groups is 1. The highest BCUT2D eigenvalue weighted by Gasteiger charge is 2.50. The van der Waals surface area contributed by atoms with E-state index in [9.17, 15) is 4.79 Å². The van der Waals surface area contributed by atoms with E-state index in [2.05, 4.69) is 19.2 Å². The third kappa shape index (κ3) is 1.46. The van der Waals surface area contributed by atoms with Gasteiger partial charge in [-0.2, -0.15) is 11.8 Å². The molecule has 3 heteroatoms. The molecule has 0 bridgehead atoms. The van der Waals surface area contributed by atoms with Gasteiger partial charge in [0.05, 0.1) is 0 Å². The van der Waals surface area contributed by atoms with Crippen molar-refractivity contribution < 1.29 is 4.79 Å². The van der Waals surface area contributed by atoms with Gasteiger partial charge in [0, 0.05) is 23.1 Å². The minimum Gasteiger partial charge on any atom is -0.353 e. The van der Waals surface area contributed by atoms with Crippen LogP contribution in [0.2, 0.25) is 0 Å². The Bertz CT molecular complexity index is 243. The van der Waals surface area contributed by atoms with Gasteiger partial charge in [-0.15, -0.1) is 0 Å². The highest BCUT2D eigenvalue weighted by atomic mass is 32.2. The Labute approximate surface area is 90.2 Å². The Kier molecular flexibility index (Phi) is 2.78. The zero-order valence-electron chi connectivity index (χ0n) is 9.01. The predicted molar refractivity (Wildman–Crippen MR) is 60.4 cm³/mol. The first-order chi connectivity index (χ1) is 6.69. The average Bonchev–Trinajstić information content (AvgIpc) is 2.49. The zero-order chi connectivity index (χ0) is 10.2. The molecule has 0 aromatic heterocycles. The molecule has 14 heavy (non-hydrogen) atoms. The lowest BCUT2D eigenvalue weighted by molar-refractivity contribution is -0.119. The molecule has 2 fully saturated rings. The van der Waals surface area contributed by atoms with Gasteiger partial charge in [-0.05, 0) is 25.0 Å². The van der Waals surface area contributed by atoms with Crippen molar-refractivity contribution in [1.82, 2.24) is 5.32 Å². The molecule has 3 atom stereocenters. The highest BCUT2D eigenvalue weighted by Crippen LogP contribution is 2.49. The van der Waals surface area contributed by atoms with Gasteiger partial charge in [0.2, 0.25) is 5.91 Å². The van der Waals surface area contributed by atoms with Crippen molar-refractivity contribution in [2.45, 2.75) is 50.8 Å². The fourth-order valence-corrected chi connectivity index (χ4v) is 4.40. The summed E-state index contributed by atoms with van der Waals surface area (Å²) in [4.78, 5) is 11.5. The topological polar surface area (TPSA) is 29.1 Å². The second-order valence-corrected chi connectivity index (χ2v) is 6.00. The molecule has 2 saturated heterocycles. The number of nitrogens with one attached hydrogen (secondary N) is 1. The molecule has 0 aromatic rings. The van der Waals surface area contributed by atoms with E-state index < -0.39 is 0 Å². The van der Waals surface area contributed by atoms with Gasteiger partial charge >= 0.3 is 0 Å². The molecule has 0 radical (unpaired) electrons. The monoisotopic (exact) mass is 213 g/mol. The lowest BCUT2D eigenvalue weighted by atomic mass is 9.73. The average molecular weight is 213 g/mol. The minimum absolute atomic E-state index is 0.270. The Balaban J connectivity index is 2.22. The second-order valence-electron chi connectivity index (χ2n) is 4.55. The summed E-state index contributed by atoms with van der Waals surface area (Å²) < 4.78 is 0. The van der Waals surface area contributed by atoms with Gasteiger partial charge < -0.3 is 5.32 Å². The van der Waals surface area contributed by atoms with Crippen molar-refractivity contribution in [2.75, 3.05) is 5.75 Å². The first-order valence-corrected chi connectivity index (χ1v) is 6.65. The van der Waals surface area contributed by atoms with Gasteiger partial charge in [-0.3, -0.25) is 4.79 Å². The third-order valence-electron chi connectivity index (χ3n) is 3.89. The lowest BCUT2D eigenvalue weighted by Gasteiger charge is -2.42. The number of thioether (sulfide) groups is 1. The van der Waals surface area contributed by atoms with E-state index >= 15 is 0 Å². The van der Waals surface area contributed by atoms with E-state index in [4.69, 9.17) is 0 Å². The van der Waals surface area contributed by atoms with Crippen LogP contribution < -0.4 is 5.32 Å². The molecular formula is C11H19NOS. The van der Waals surface area contributed by atoms with Crippen LogP contribution in [0.25, 0.3) is 0 Å². The van der Waals surface area contributed by atoms with Crippen LogP contribution in [0, 0.1) is 5.41 Å². The summed E-state index contributed by atoms with van der Waals surface area (Å²) in [6.07, 6.45) is 4.36. The molecule has 0 aromatic carbocycles. The third-order valence-corrected chi connectivity index (χ3v) is 5.38. The molecule has 2 aliphatic rings. The molecule has 80 valence electrons. The summed E-state index contributed by atoms with van der Waals surface area (Å²) in [7, 11) is 0. The Morgan fingerprint density at radius 3 is 3.07 bits per heavy atom. The van der Waals surface area contributed by atoms with Crippen LogP contribution in [0.4, 0.5) is 0 Å². The molecule has 0 saturated carbocycles. The second kappa shape index (κ2) is 3.76. The normalized spacial score (nSPS) is 42.9. The van der Waals surface area contributed by atoms with E-state index in [1.165, 1.54) is 18.6 Å². The van der Waals surface area contributed by atoms with Crippen molar-refractivity contribution in [2.24, 2.45) is 5.41 Å². The Morgan fingerprint density at radius 2 is 2.43 bits per heavy atom. The summed E-state index contributed by atoms with van der Waals surface area (Å²) >= 11 is 2.04. The maximum Gasteiger partial charge on any atom is 0.220 e. The van der Waals surface area contributed by atoms with Crippen LogP contribution in [0.3, 0.4) is 0 Å². The van der Waals surface area contributed by atoms with Crippen molar-refractivity contribution in [3.05, 3.63) is 0 Å². The van der Waals surface area contributed by atoms with E-state index in [0.717, 1.165) is 12.8 Å². The predicted octanol–water partition coefficient (Wildman–Crippen LogP) is 2.19. The van der Waals surface area contributed by atoms with Crippen molar-refractivity contribution in [3.63, 3.8) is 0 Å². The van der Waals surface area contributed by atoms with Crippen LogP contribution in [-0.2, 0) is 4.79 Å². The summed E-state index contributed by atoms with van der Waals surface area (Å²) in [5.74, 6) is 1.54. The minimum atomic E-state index is 0.270. The van der Waals surface area contributed by atoms with E-state index in [1.807, 2.05) is 11.8 Å². The largest absolute Gasteiger partial charge is 0.353 e. The summed E-state index contributed by atoms with van der Waals surface area (Å²) in [5.41, 5.74) is 0.273. The number of hydrogen-bond acceptors (Lipinski definition) is 2. The SMILES string of the molecule is CCC1NC(=O)CC12CCCSC2C. The van der Waals surface area contributed by atoms with Crippen LogP contribution in [0.5, 0.6) is 0 Å². The summed E-state index contributed by atoms with van der Waals surface area (Å²) in [6, 6.07) is 0.429. The van der Waals surface area contributed by atoms with Crippen LogP contribution >= 0.6 is 11.8 Å². The van der Waals surface area contributed by atoms with Crippen molar-refractivity contribution >= 4 is 17.7 Å². The smallest absolute Gasteiger partial charge is 0.220 e. The van der Waals surface area contributed by atoms with Crippen LogP contribution in [0.1, 0.15) is 39.5 Å². The molecule has 1 amide bonds. The van der Waals surface area contributed by atoms with Gasteiger partial charge in [-0.25, -0.2) is 0 Å². The maximum absolute atomic E-state index is 11.5. The fraction of sp³-hybridized carbons (Fsp3) is 0.909. The van der Waals surface area contributed by atoms with Gasteiger partial charge in [0.1, 0.15) is 0 Å². The molecule has 3 unspecified atom stereocenters.